The number of carbonyl (C=O) groups is 1. The van der Waals surface area contributed by atoms with Crippen LogP contribution in [0.25, 0.3) is 0 Å². The van der Waals surface area contributed by atoms with Crippen molar-refractivity contribution in [2.45, 2.75) is 38.8 Å². The van der Waals surface area contributed by atoms with Crippen LogP contribution in [-0.4, -0.2) is 41.4 Å². The fourth-order valence-electron chi connectivity index (χ4n) is 2.41. The van der Waals surface area contributed by atoms with Crippen LogP contribution in [0.5, 0.6) is 0 Å². The molecule has 1 N–H and O–H groups in total. The SMILES string of the molecule is C=CCN(C[C@@H]1CC(c2ccc(Cl)c(Cl)c2)=NO1)C(=O)NC(C)(C)C. The van der Waals surface area contributed by atoms with Gasteiger partial charge >= 0.3 is 6.03 Å². The molecule has 0 radical (unpaired) electrons. The van der Waals surface area contributed by atoms with Crippen molar-refractivity contribution in [3.05, 3.63) is 46.5 Å². The molecule has 25 heavy (non-hydrogen) atoms. The monoisotopic (exact) mass is 383 g/mol. The molecule has 1 aromatic carbocycles. The molecule has 136 valence electrons. The number of carbonyl (C=O) groups excluding carboxylic acids is 1. The summed E-state index contributed by atoms with van der Waals surface area (Å²) in [6, 6.07) is 5.20. The first kappa shape index (κ1) is 19.6. The molecular weight excluding hydrogens is 361 g/mol. The van der Waals surface area contributed by atoms with Gasteiger partial charge in [-0.1, -0.05) is 40.5 Å². The quantitative estimate of drug-likeness (QED) is 0.761. The number of benzene rings is 1. The molecule has 1 aliphatic rings. The van der Waals surface area contributed by atoms with Gasteiger partial charge in [0, 0.05) is 24.1 Å². The second-order valence-corrected chi connectivity index (χ2v) is 7.79. The Morgan fingerprint density at radius 3 is 2.76 bits per heavy atom. The summed E-state index contributed by atoms with van der Waals surface area (Å²) in [5, 5.41) is 8.06. The number of urea groups is 1. The molecule has 0 saturated carbocycles. The second-order valence-electron chi connectivity index (χ2n) is 6.97. The van der Waals surface area contributed by atoms with Crippen LogP contribution in [0, 0.1) is 0 Å². The van der Waals surface area contributed by atoms with Gasteiger partial charge in [-0.15, -0.1) is 6.58 Å². The smallest absolute Gasteiger partial charge is 0.318 e. The van der Waals surface area contributed by atoms with E-state index in [-0.39, 0.29) is 17.7 Å². The molecule has 0 aromatic heterocycles. The molecule has 0 spiro atoms. The van der Waals surface area contributed by atoms with E-state index in [4.69, 9.17) is 28.0 Å². The molecule has 7 heteroatoms. The van der Waals surface area contributed by atoms with Crippen molar-refractivity contribution in [1.29, 1.82) is 0 Å². The fourth-order valence-corrected chi connectivity index (χ4v) is 2.71. The first-order chi connectivity index (χ1) is 11.7. The second kappa shape index (κ2) is 8.11. The third kappa shape index (κ3) is 5.65. The van der Waals surface area contributed by atoms with Crippen molar-refractivity contribution in [2.24, 2.45) is 5.16 Å². The average molecular weight is 384 g/mol. The van der Waals surface area contributed by atoms with Crippen LogP contribution < -0.4 is 5.32 Å². The Morgan fingerprint density at radius 2 is 2.16 bits per heavy atom. The maximum Gasteiger partial charge on any atom is 0.318 e. The molecule has 0 bridgehead atoms. The topological polar surface area (TPSA) is 53.9 Å². The molecule has 0 saturated heterocycles. The van der Waals surface area contributed by atoms with E-state index in [0.29, 0.717) is 29.6 Å². The fraction of sp³-hybridized carbons (Fsp3) is 0.444. The Labute approximate surface area is 158 Å². The highest BCUT2D eigenvalue weighted by Gasteiger charge is 2.27. The summed E-state index contributed by atoms with van der Waals surface area (Å²) in [5.74, 6) is 0. The zero-order valence-electron chi connectivity index (χ0n) is 14.7. The molecule has 0 fully saturated rings. The summed E-state index contributed by atoms with van der Waals surface area (Å²) < 4.78 is 0. The Bertz CT molecular complexity index is 683. The summed E-state index contributed by atoms with van der Waals surface area (Å²) in [4.78, 5) is 19.6. The lowest BCUT2D eigenvalue weighted by atomic mass is 10.0. The van der Waals surface area contributed by atoms with E-state index < -0.39 is 0 Å². The molecular formula is C18H23Cl2N3O2. The molecule has 0 aliphatic carbocycles. The van der Waals surface area contributed by atoms with Gasteiger partial charge in [-0.05, 0) is 32.9 Å². The zero-order valence-corrected chi connectivity index (χ0v) is 16.2. The van der Waals surface area contributed by atoms with Gasteiger partial charge in [-0.25, -0.2) is 4.79 Å². The van der Waals surface area contributed by atoms with Crippen LogP contribution in [0.3, 0.4) is 0 Å². The lowest BCUT2D eigenvalue weighted by Gasteiger charge is -2.28. The van der Waals surface area contributed by atoms with Crippen molar-refractivity contribution in [1.82, 2.24) is 10.2 Å². The normalized spacial score (nSPS) is 16.8. The Morgan fingerprint density at radius 1 is 1.44 bits per heavy atom. The van der Waals surface area contributed by atoms with Crippen molar-refractivity contribution < 1.29 is 9.63 Å². The van der Waals surface area contributed by atoms with Gasteiger partial charge in [0.05, 0.1) is 22.3 Å². The number of nitrogens with one attached hydrogen (secondary N) is 1. The lowest BCUT2D eigenvalue weighted by molar-refractivity contribution is 0.0621. The van der Waals surface area contributed by atoms with Gasteiger partial charge in [0.25, 0.3) is 0 Å². The van der Waals surface area contributed by atoms with Crippen LogP contribution in [0.15, 0.2) is 36.0 Å². The number of amides is 2. The first-order valence-corrected chi connectivity index (χ1v) is 8.81. The van der Waals surface area contributed by atoms with E-state index in [1.165, 1.54) is 0 Å². The van der Waals surface area contributed by atoms with Crippen LogP contribution in [0.2, 0.25) is 10.0 Å². The van der Waals surface area contributed by atoms with Crippen LogP contribution in [0.1, 0.15) is 32.8 Å². The van der Waals surface area contributed by atoms with E-state index in [2.05, 4.69) is 17.1 Å². The average Bonchev–Trinajstić information content (AvgIpc) is 2.96. The first-order valence-electron chi connectivity index (χ1n) is 8.05. The minimum absolute atomic E-state index is 0.154. The number of hydrogen-bond donors (Lipinski definition) is 1. The lowest BCUT2D eigenvalue weighted by Crippen LogP contribution is -2.50. The molecule has 1 heterocycles. The molecule has 1 atom stereocenters. The van der Waals surface area contributed by atoms with E-state index >= 15 is 0 Å². The van der Waals surface area contributed by atoms with Crippen LogP contribution >= 0.6 is 23.2 Å². The summed E-state index contributed by atoms with van der Waals surface area (Å²) >= 11 is 12.0. The standard InChI is InChI=1S/C18H23Cl2N3O2/c1-5-8-23(17(24)21-18(2,3)4)11-13-10-16(22-25-13)12-6-7-14(19)15(20)9-12/h5-7,9,13H,1,8,10-11H2,2-4H3,(H,21,24)/t13-/m0/s1. The zero-order chi connectivity index (χ0) is 18.6. The highest BCUT2D eigenvalue weighted by Crippen LogP contribution is 2.25. The van der Waals surface area contributed by atoms with Crippen molar-refractivity contribution in [3.8, 4) is 0 Å². The number of hydrogen-bond acceptors (Lipinski definition) is 3. The maximum absolute atomic E-state index is 12.4. The highest BCUT2D eigenvalue weighted by atomic mass is 35.5. The van der Waals surface area contributed by atoms with E-state index in [0.717, 1.165) is 11.3 Å². The summed E-state index contributed by atoms with van der Waals surface area (Å²) in [6.45, 7) is 10.4. The molecule has 5 nitrogen and oxygen atoms in total. The van der Waals surface area contributed by atoms with Gasteiger partial charge in [0.1, 0.15) is 0 Å². The van der Waals surface area contributed by atoms with Gasteiger partial charge in [-0.3, -0.25) is 0 Å². The third-order valence-corrected chi connectivity index (χ3v) is 4.27. The van der Waals surface area contributed by atoms with Crippen LogP contribution in [0.4, 0.5) is 4.79 Å². The van der Waals surface area contributed by atoms with E-state index in [1.807, 2.05) is 26.8 Å². The minimum Gasteiger partial charge on any atom is -0.390 e. The predicted octanol–water partition coefficient (Wildman–Crippen LogP) is 4.48. The molecule has 2 rings (SSSR count). The van der Waals surface area contributed by atoms with Crippen molar-refractivity contribution in [2.75, 3.05) is 13.1 Å². The molecule has 0 unspecified atom stereocenters. The molecule has 1 aromatic rings. The predicted molar refractivity (Wildman–Crippen MR) is 103 cm³/mol. The molecule has 1 aliphatic heterocycles. The Balaban J connectivity index is 1.99. The van der Waals surface area contributed by atoms with Crippen molar-refractivity contribution in [3.63, 3.8) is 0 Å². The van der Waals surface area contributed by atoms with Gasteiger partial charge in [0.15, 0.2) is 6.10 Å². The number of nitrogens with zero attached hydrogens (tertiary/aromatic N) is 2. The Hall–Kier alpha value is -1.72. The number of halogens is 2. The van der Waals surface area contributed by atoms with E-state index in [9.17, 15) is 4.79 Å². The number of oxime groups is 1. The summed E-state index contributed by atoms with van der Waals surface area (Å²) in [7, 11) is 0. The number of rotatable bonds is 5. The van der Waals surface area contributed by atoms with E-state index in [1.54, 1.807) is 23.1 Å². The maximum atomic E-state index is 12.4. The largest absolute Gasteiger partial charge is 0.390 e. The van der Waals surface area contributed by atoms with Gasteiger partial charge < -0.3 is 15.1 Å². The van der Waals surface area contributed by atoms with Gasteiger partial charge in [0.2, 0.25) is 0 Å². The third-order valence-electron chi connectivity index (χ3n) is 3.53. The minimum atomic E-state index is -0.311. The highest BCUT2D eigenvalue weighted by molar-refractivity contribution is 6.42. The van der Waals surface area contributed by atoms with Crippen molar-refractivity contribution >= 4 is 34.9 Å². The Kier molecular flexibility index (Phi) is 6.36. The summed E-state index contributed by atoms with van der Waals surface area (Å²) in [5.41, 5.74) is 1.35. The molecule has 2 amide bonds. The summed E-state index contributed by atoms with van der Waals surface area (Å²) in [6.07, 6.45) is 2.07. The van der Waals surface area contributed by atoms with Crippen LogP contribution in [-0.2, 0) is 4.84 Å². The van der Waals surface area contributed by atoms with Gasteiger partial charge in [-0.2, -0.15) is 0 Å².